The molecule has 0 amide bonds. The summed E-state index contributed by atoms with van der Waals surface area (Å²) < 4.78 is 11.3. The molecule has 4 nitrogen and oxygen atoms in total. The van der Waals surface area contributed by atoms with Crippen LogP contribution in [0.25, 0.3) is 0 Å². The summed E-state index contributed by atoms with van der Waals surface area (Å²) in [6.07, 6.45) is 13.2. The summed E-state index contributed by atoms with van der Waals surface area (Å²) in [6, 6.07) is 0. The van der Waals surface area contributed by atoms with Crippen molar-refractivity contribution in [2.75, 3.05) is 0 Å². The SMILES string of the molecule is CCCCC(CC1CCC2OC2C1)C(O)(O)CC1CCC2OC2C1. The van der Waals surface area contributed by atoms with Crippen molar-refractivity contribution in [3.05, 3.63) is 0 Å². The quantitative estimate of drug-likeness (QED) is 0.526. The van der Waals surface area contributed by atoms with Crippen LogP contribution in [-0.2, 0) is 9.47 Å². The van der Waals surface area contributed by atoms with Crippen LogP contribution in [0.3, 0.4) is 0 Å². The molecule has 4 heteroatoms. The molecule has 0 aromatic carbocycles. The second-order valence-electron chi connectivity index (χ2n) is 8.94. The van der Waals surface area contributed by atoms with E-state index >= 15 is 0 Å². The Morgan fingerprint density at radius 3 is 2.17 bits per heavy atom. The predicted molar refractivity (Wildman–Crippen MR) is 91.4 cm³/mol. The highest BCUT2D eigenvalue weighted by molar-refractivity contribution is 4.95. The molecule has 2 saturated carbocycles. The van der Waals surface area contributed by atoms with E-state index in [4.69, 9.17) is 9.47 Å². The van der Waals surface area contributed by atoms with Crippen molar-refractivity contribution < 1.29 is 19.7 Å². The molecular formula is C20H34O4. The van der Waals surface area contributed by atoms with E-state index in [0.717, 1.165) is 51.4 Å². The van der Waals surface area contributed by atoms with E-state index in [1.807, 2.05) is 0 Å². The number of epoxide rings is 2. The van der Waals surface area contributed by atoms with Crippen molar-refractivity contribution >= 4 is 0 Å². The molecule has 4 fully saturated rings. The Balaban J connectivity index is 1.34. The van der Waals surface area contributed by atoms with Crippen LogP contribution < -0.4 is 0 Å². The number of ether oxygens (including phenoxy) is 2. The number of fused-ring (bicyclic) bond motifs is 2. The summed E-state index contributed by atoms with van der Waals surface area (Å²) in [7, 11) is 0. The van der Waals surface area contributed by atoms with E-state index < -0.39 is 5.79 Å². The Morgan fingerprint density at radius 2 is 1.54 bits per heavy atom. The molecule has 4 rings (SSSR count). The van der Waals surface area contributed by atoms with Crippen LogP contribution in [0.2, 0.25) is 0 Å². The normalized spacial score (nSPS) is 42.1. The number of hydrogen-bond donors (Lipinski definition) is 2. The Hall–Kier alpha value is -0.160. The molecule has 138 valence electrons. The average molecular weight is 338 g/mol. The monoisotopic (exact) mass is 338 g/mol. The molecule has 7 atom stereocenters. The molecule has 0 aromatic rings. The maximum absolute atomic E-state index is 10.9. The van der Waals surface area contributed by atoms with Gasteiger partial charge in [0.05, 0.1) is 24.4 Å². The van der Waals surface area contributed by atoms with Crippen molar-refractivity contribution in [1.29, 1.82) is 0 Å². The van der Waals surface area contributed by atoms with Crippen LogP contribution >= 0.6 is 0 Å². The highest BCUT2D eigenvalue weighted by atomic mass is 16.6. The van der Waals surface area contributed by atoms with Gasteiger partial charge in [0.15, 0.2) is 5.79 Å². The van der Waals surface area contributed by atoms with Gasteiger partial charge in [-0.1, -0.05) is 19.8 Å². The molecule has 2 aliphatic heterocycles. The molecule has 24 heavy (non-hydrogen) atoms. The first-order valence-electron chi connectivity index (χ1n) is 10.3. The van der Waals surface area contributed by atoms with Gasteiger partial charge >= 0.3 is 0 Å². The molecule has 2 aliphatic carbocycles. The summed E-state index contributed by atoms with van der Waals surface area (Å²) in [5, 5.41) is 21.9. The standard InChI is InChI=1S/C20H34O4/c1-2-3-4-15(9-13-5-7-16-18(10-13)23-16)20(21,22)12-14-6-8-17-19(11-14)24-17/h13-19,21-22H,2-12H2,1H3. The average Bonchev–Trinajstić information content (AvgIpc) is 3.43. The van der Waals surface area contributed by atoms with Gasteiger partial charge < -0.3 is 19.7 Å². The number of hydrogen-bond acceptors (Lipinski definition) is 4. The third-order valence-corrected chi connectivity index (χ3v) is 6.99. The van der Waals surface area contributed by atoms with E-state index in [1.54, 1.807) is 0 Å². The first kappa shape index (κ1) is 17.3. The molecule has 0 aromatic heterocycles. The molecule has 2 heterocycles. The lowest BCUT2D eigenvalue weighted by Crippen LogP contribution is -2.41. The minimum absolute atomic E-state index is 0.00981. The van der Waals surface area contributed by atoms with E-state index in [2.05, 4.69) is 6.92 Å². The van der Waals surface area contributed by atoms with Gasteiger partial charge in [0.25, 0.3) is 0 Å². The lowest BCUT2D eigenvalue weighted by atomic mass is 9.74. The Bertz CT molecular complexity index is 437. The first-order valence-corrected chi connectivity index (χ1v) is 10.3. The Morgan fingerprint density at radius 1 is 0.917 bits per heavy atom. The maximum atomic E-state index is 10.9. The third-order valence-electron chi connectivity index (χ3n) is 6.99. The highest BCUT2D eigenvalue weighted by Crippen LogP contribution is 2.46. The summed E-state index contributed by atoms with van der Waals surface area (Å²) in [5.74, 6) is -0.481. The van der Waals surface area contributed by atoms with E-state index in [1.165, 1.54) is 12.8 Å². The van der Waals surface area contributed by atoms with E-state index in [-0.39, 0.29) is 5.92 Å². The zero-order valence-electron chi connectivity index (χ0n) is 15.0. The fraction of sp³-hybridized carbons (Fsp3) is 1.00. The minimum atomic E-state index is -1.51. The van der Waals surface area contributed by atoms with Crippen molar-refractivity contribution in [3.63, 3.8) is 0 Å². The first-order chi connectivity index (χ1) is 11.5. The van der Waals surface area contributed by atoms with Gasteiger partial charge in [-0.2, -0.15) is 0 Å². The number of rotatable bonds is 8. The fourth-order valence-electron chi connectivity index (χ4n) is 5.36. The van der Waals surface area contributed by atoms with Crippen LogP contribution in [0, 0.1) is 17.8 Å². The highest BCUT2D eigenvalue weighted by Gasteiger charge is 2.48. The molecule has 2 saturated heterocycles. The molecular weight excluding hydrogens is 304 g/mol. The number of unbranched alkanes of at least 4 members (excludes halogenated alkanes) is 1. The molecule has 4 aliphatic rings. The Labute approximate surface area is 145 Å². The van der Waals surface area contributed by atoms with Crippen molar-refractivity contribution in [1.82, 2.24) is 0 Å². The maximum Gasteiger partial charge on any atom is 0.165 e. The van der Waals surface area contributed by atoms with Crippen LogP contribution in [0.5, 0.6) is 0 Å². The second kappa shape index (κ2) is 6.86. The molecule has 0 bridgehead atoms. The lowest BCUT2D eigenvalue weighted by Gasteiger charge is -2.37. The van der Waals surface area contributed by atoms with Crippen molar-refractivity contribution in [3.8, 4) is 0 Å². The van der Waals surface area contributed by atoms with Gasteiger partial charge in [0, 0.05) is 12.3 Å². The Kier molecular flexibility index (Phi) is 4.94. The molecule has 2 N–H and O–H groups in total. The zero-order chi connectivity index (χ0) is 16.7. The van der Waals surface area contributed by atoms with Crippen molar-refractivity contribution in [2.45, 2.75) is 108 Å². The minimum Gasteiger partial charge on any atom is -0.370 e. The van der Waals surface area contributed by atoms with Crippen LogP contribution in [0.4, 0.5) is 0 Å². The van der Waals surface area contributed by atoms with Gasteiger partial charge in [-0.15, -0.1) is 0 Å². The fourth-order valence-corrected chi connectivity index (χ4v) is 5.36. The summed E-state index contributed by atoms with van der Waals surface area (Å²) in [5.41, 5.74) is 0. The van der Waals surface area contributed by atoms with Gasteiger partial charge in [-0.3, -0.25) is 0 Å². The topological polar surface area (TPSA) is 65.5 Å². The second-order valence-corrected chi connectivity index (χ2v) is 8.94. The molecule has 0 radical (unpaired) electrons. The summed E-state index contributed by atoms with van der Waals surface area (Å²) in [4.78, 5) is 0. The van der Waals surface area contributed by atoms with Crippen LogP contribution in [-0.4, -0.2) is 40.4 Å². The largest absolute Gasteiger partial charge is 0.370 e. The van der Waals surface area contributed by atoms with Crippen molar-refractivity contribution in [2.24, 2.45) is 17.8 Å². The third kappa shape index (κ3) is 3.98. The smallest absolute Gasteiger partial charge is 0.165 e. The van der Waals surface area contributed by atoms with Gasteiger partial charge in [-0.25, -0.2) is 0 Å². The van der Waals surface area contributed by atoms with Gasteiger partial charge in [-0.05, 0) is 63.2 Å². The molecule has 0 spiro atoms. The number of aliphatic hydroxyl groups is 2. The van der Waals surface area contributed by atoms with Crippen LogP contribution in [0.1, 0.15) is 77.6 Å². The van der Waals surface area contributed by atoms with Gasteiger partial charge in [0.2, 0.25) is 0 Å². The lowest BCUT2D eigenvalue weighted by molar-refractivity contribution is -0.218. The predicted octanol–water partition coefficient (Wildman–Crippen LogP) is 3.39. The van der Waals surface area contributed by atoms with E-state index in [9.17, 15) is 10.2 Å². The summed E-state index contributed by atoms with van der Waals surface area (Å²) >= 11 is 0. The van der Waals surface area contributed by atoms with Gasteiger partial charge in [0.1, 0.15) is 0 Å². The van der Waals surface area contributed by atoms with Crippen LogP contribution in [0.15, 0.2) is 0 Å². The zero-order valence-corrected chi connectivity index (χ0v) is 15.0. The summed E-state index contributed by atoms with van der Waals surface area (Å²) in [6.45, 7) is 2.18. The molecule has 7 unspecified atom stereocenters. The van der Waals surface area contributed by atoms with E-state index in [0.29, 0.717) is 42.7 Å².